The van der Waals surface area contributed by atoms with Crippen molar-refractivity contribution in [3.05, 3.63) is 83.3 Å². The van der Waals surface area contributed by atoms with Gasteiger partial charge in [0.05, 0.1) is 18.3 Å². The maximum Gasteiger partial charge on any atom is 0.243 e. The summed E-state index contributed by atoms with van der Waals surface area (Å²) in [5.74, 6) is 5.79. The van der Waals surface area contributed by atoms with Gasteiger partial charge in [-0.2, -0.15) is 5.10 Å². The van der Waals surface area contributed by atoms with Gasteiger partial charge in [0.2, 0.25) is 11.7 Å². The number of H-pyrrole nitrogens is 1. The molecular formula is C31H30FN7O3S. The van der Waals surface area contributed by atoms with E-state index < -0.39 is 5.82 Å². The van der Waals surface area contributed by atoms with E-state index in [1.54, 1.807) is 12.1 Å². The van der Waals surface area contributed by atoms with Crippen LogP contribution < -0.4 is 21.3 Å². The molecule has 0 unspecified atom stereocenters. The largest absolute Gasteiger partial charge is 0.490 e. The van der Waals surface area contributed by atoms with Crippen molar-refractivity contribution in [3.63, 3.8) is 0 Å². The lowest BCUT2D eigenvalue weighted by Gasteiger charge is -2.18. The summed E-state index contributed by atoms with van der Waals surface area (Å²) in [5, 5.41) is 12.8. The van der Waals surface area contributed by atoms with Gasteiger partial charge in [-0.3, -0.25) is 26.0 Å². The van der Waals surface area contributed by atoms with Crippen molar-refractivity contribution in [2.24, 2.45) is 5.84 Å². The number of thiophene rings is 1. The molecule has 0 saturated carbocycles. The summed E-state index contributed by atoms with van der Waals surface area (Å²) in [5.41, 5.74) is 7.23. The normalized spacial score (nSPS) is 11.2. The van der Waals surface area contributed by atoms with E-state index in [2.05, 4.69) is 32.5 Å². The first kappa shape index (κ1) is 29.7. The molecule has 0 bridgehead atoms. The van der Waals surface area contributed by atoms with Gasteiger partial charge in [0, 0.05) is 45.0 Å². The Balaban J connectivity index is 1.76. The van der Waals surface area contributed by atoms with Gasteiger partial charge >= 0.3 is 0 Å². The van der Waals surface area contributed by atoms with Crippen LogP contribution in [0.5, 0.6) is 5.75 Å². The third-order valence-electron chi connectivity index (χ3n) is 6.62. The number of nitrogens with zero attached hydrogens (tertiary/aromatic N) is 3. The van der Waals surface area contributed by atoms with Crippen LogP contribution in [0.4, 0.5) is 4.39 Å². The molecule has 10 nitrogen and oxygen atoms in total. The van der Waals surface area contributed by atoms with Crippen LogP contribution in [-0.4, -0.2) is 45.0 Å². The number of fused-ring (bicyclic) bond motifs is 1. The number of carbonyl (C=O) groups excluding carboxylic acids is 2. The van der Waals surface area contributed by atoms with E-state index in [1.807, 2.05) is 37.4 Å². The first-order valence-electron chi connectivity index (χ1n) is 13.5. The number of rotatable bonds is 12. The zero-order valence-corrected chi connectivity index (χ0v) is 24.4. The SMILES string of the molecule is C=CC(=O)NCc1nc(-c2nc(-c3ccc(C=O)c(CCNN)c3)c3ccsc3c2-c2ccc(F)cc2OC(C)C)n[nH]1. The van der Waals surface area contributed by atoms with Crippen LogP contribution in [0.25, 0.3) is 44.0 Å². The molecule has 3 aromatic heterocycles. The van der Waals surface area contributed by atoms with Gasteiger partial charge in [-0.25, -0.2) is 14.4 Å². The number of hydrazine groups is 1. The maximum absolute atomic E-state index is 14.4. The molecule has 0 radical (unpaired) electrons. The smallest absolute Gasteiger partial charge is 0.243 e. The predicted molar refractivity (Wildman–Crippen MR) is 165 cm³/mol. The third kappa shape index (κ3) is 6.36. The van der Waals surface area contributed by atoms with Gasteiger partial charge in [-0.05, 0) is 61.6 Å². The Morgan fingerprint density at radius 3 is 2.77 bits per heavy atom. The number of nitrogens with one attached hydrogen (secondary N) is 3. The molecule has 0 spiro atoms. The van der Waals surface area contributed by atoms with Crippen LogP contribution >= 0.6 is 11.3 Å². The average Bonchev–Trinajstić information content (AvgIpc) is 3.68. The fourth-order valence-corrected chi connectivity index (χ4v) is 5.68. The topological polar surface area (TPSA) is 148 Å². The van der Waals surface area contributed by atoms with E-state index in [4.69, 9.17) is 15.6 Å². The number of aldehydes is 1. The van der Waals surface area contributed by atoms with Crippen molar-refractivity contribution >= 4 is 33.6 Å². The lowest BCUT2D eigenvalue weighted by Crippen LogP contribution is -2.24. The number of amides is 1. The number of benzene rings is 2. The summed E-state index contributed by atoms with van der Waals surface area (Å²) in [6.07, 6.45) is 2.33. The van der Waals surface area contributed by atoms with Gasteiger partial charge in [0.25, 0.3) is 0 Å². The molecule has 5 aromatic rings. The number of aromatic amines is 1. The molecule has 220 valence electrons. The number of hydrogen-bond acceptors (Lipinski definition) is 9. The summed E-state index contributed by atoms with van der Waals surface area (Å²) in [7, 11) is 0. The molecule has 0 aliphatic rings. The number of ether oxygens (including phenoxy) is 1. The van der Waals surface area contributed by atoms with Crippen LogP contribution in [0.3, 0.4) is 0 Å². The summed E-state index contributed by atoms with van der Waals surface area (Å²) >= 11 is 1.50. The highest BCUT2D eigenvalue weighted by atomic mass is 32.1. The van der Waals surface area contributed by atoms with E-state index in [-0.39, 0.29) is 24.4 Å². The molecule has 0 saturated heterocycles. The second-order valence-corrected chi connectivity index (χ2v) is 10.8. The molecule has 0 aliphatic heterocycles. The van der Waals surface area contributed by atoms with E-state index in [1.165, 1.54) is 29.5 Å². The van der Waals surface area contributed by atoms with Gasteiger partial charge in [0.15, 0.2) is 0 Å². The molecule has 3 heterocycles. The Labute approximate surface area is 251 Å². The summed E-state index contributed by atoms with van der Waals surface area (Å²) in [6.45, 7) is 7.80. The van der Waals surface area contributed by atoms with Crippen LogP contribution in [0.1, 0.15) is 35.6 Å². The quantitative estimate of drug-likeness (QED) is 0.0681. The number of carbonyl (C=O) groups is 2. The summed E-state index contributed by atoms with van der Waals surface area (Å²) in [6, 6.07) is 11.9. The van der Waals surface area contributed by atoms with Crippen molar-refractivity contribution in [2.75, 3.05) is 6.54 Å². The molecule has 5 rings (SSSR count). The fourth-order valence-electron chi connectivity index (χ4n) is 4.73. The second kappa shape index (κ2) is 13.0. The monoisotopic (exact) mass is 599 g/mol. The lowest BCUT2D eigenvalue weighted by atomic mass is 9.95. The average molecular weight is 600 g/mol. The fraction of sp³-hybridized carbons (Fsp3) is 0.194. The van der Waals surface area contributed by atoms with Gasteiger partial charge in [-0.15, -0.1) is 11.3 Å². The van der Waals surface area contributed by atoms with Crippen molar-refractivity contribution in [1.29, 1.82) is 0 Å². The zero-order chi connectivity index (χ0) is 30.5. The molecule has 12 heteroatoms. The van der Waals surface area contributed by atoms with E-state index in [0.29, 0.717) is 52.6 Å². The van der Waals surface area contributed by atoms with Crippen LogP contribution in [0.15, 0.2) is 60.5 Å². The Morgan fingerprint density at radius 1 is 1.19 bits per heavy atom. The Hall–Kier alpha value is -4.78. The molecule has 0 aliphatic carbocycles. The minimum absolute atomic E-state index is 0.102. The van der Waals surface area contributed by atoms with Crippen LogP contribution in [-0.2, 0) is 17.8 Å². The van der Waals surface area contributed by atoms with Gasteiger partial charge in [0.1, 0.15) is 29.4 Å². The highest BCUT2D eigenvalue weighted by Gasteiger charge is 2.25. The molecule has 43 heavy (non-hydrogen) atoms. The maximum atomic E-state index is 14.4. The first-order chi connectivity index (χ1) is 20.8. The molecule has 0 fully saturated rings. The highest BCUT2D eigenvalue weighted by Crippen LogP contribution is 2.45. The minimum atomic E-state index is -0.430. The van der Waals surface area contributed by atoms with Gasteiger partial charge in [-0.1, -0.05) is 18.7 Å². The lowest BCUT2D eigenvalue weighted by molar-refractivity contribution is -0.116. The zero-order valence-electron chi connectivity index (χ0n) is 23.6. The Kier molecular flexibility index (Phi) is 9.00. The van der Waals surface area contributed by atoms with Crippen LogP contribution in [0, 0.1) is 5.82 Å². The Morgan fingerprint density at radius 2 is 2.02 bits per heavy atom. The van der Waals surface area contributed by atoms with Crippen molar-refractivity contribution in [2.45, 2.75) is 32.9 Å². The highest BCUT2D eigenvalue weighted by molar-refractivity contribution is 7.18. The first-order valence-corrected chi connectivity index (χ1v) is 14.4. The number of nitrogens with two attached hydrogens (primary N) is 1. The van der Waals surface area contributed by atoms with Crippen LogP contribution in [0.2, 0.25) is 0 Å². The number of halogens is 1. The van der Waals surface area contributed by atoms with E-state index >= 15 is 0 Å². The third-order valence-corrected chi connectivity index (χ3v) is 7.56. The molecular weight excluding hydrogens is 569 g/mol. The second-order valence-electron chi connectivity index (χ2n) is 9.92. The van der Waals surface area contributed by atoms with Crippen molar-refractivity contribution in [1.82, 2.24) is 30.9 Å². The summed E-state index contributed by atoms with van der Waals surface area (Å²) < 4.78 is 21.4. The molecule has 5 N–H and O–H groups in total. The number of aromatic nitrogens is 4. The van der Waals surface area contributed by atoms with Gasteiger partial charge < -0.3 is 10.1 Å². The van der Waals surface area contributed by atoms with Crippen molar-refractivity contribution < 1.29 is 18.7 Å². The number of pyridine rings is 1. The van der Waals surface area contributed by atoms with E-state index in [0.717, 1.165) is 27.5 Å². The van der Waals surface area contributed by atoms with Crippen molar-refractivity contribution in [3.8, 4) is 39.7 Å². The number of hydrogen-bond donors (Lipinski definition) is 4. The molecule has 2 aromatic carbocycles. The summed E-state index contributed by atoms with van der Waals surface area (Å²) in [4.78, 5) is 33.2. The Bertz CT molecular complexity index is 1810. The molecule has 0 atom stereocenters. The predicted octanol–water partition coefficient (Wildman–Crippen LogP) is 4.96. The molecule has 1 amide bonds. The minimum Gasteiger partial charge on any atom is -0.490 e. The van der Waals surface area contributed by atoms with E-state index in [9.17, 15) is 14.0 Å². The standard InChI is InChI=1S/C31H30FN7O3S/c1-4-26(41)34-15-25-36-31(39-38-25)29-27(22-8-7-21(32)14-24(22)42-17(2)3)30-23(10-12-43-30)28(37-29)19-5-6-20(16-40)18(13-19)9-11-35-33/h4-8,10,12-14,16-17,35H,1,9,11,15,33H2,2-3H3,(H,34,41)(H,36,38,39).